The summed E-state index contributed by atoms with van der Waals surface area (Å²) < 4.78 is 0. The molecule has 7 nitrogen and oxygen atoms in total. The molecule has 1 aromatic carbocycles. The van der Waals surface area contributed by atoms with Crippen LogP contribution in [0.15, 0.2) is 42.7 Å². The topological polar surface area (TPSA) is 111 Å². The first-order valence-corrected chi connectivity index (χ1v) is 5.33. The zero-order chi connectivity index (χ0) is 13.8. The third-order valence-corrected chi connectivity index (χ3v) is 2.40. The number of hydrogen-bond acceptors (Lipinski definition) is 5. The lowest BCUT2D eigenvalue weighted by Gasteiger charge is -2.06. The Morgan fingerprint density at radius 3 is 2.58 bits per heavy atom. The van der Waals surface area contributed by atoms with Crippen molar-refractivity contribution in [3.63, 3.8) is 0 Å². The first-order valence-electron chi connectivity index (χ1n) is 5.33. The number of nitrogens with two attached hydrogens (primary N) is 1. The van der Waals surface area contributed by atoms with Gasteiger partial charge in [-0.25, -0.2) is 0 Å². The molecule has 0 aliphatic rings. The second-order valence-electron chi connectivity index (χ2n) is 3.72. The molecular formula is C12H10N4O3. The number of rotatable bonds is 3. The van der Waals surface area contributed by atoms with Gasteiger partial charge in [0.2, 0.25) is 0 Å². The fourth-order valence-corrected chi connectivity index (χ4v) is 1.53. The van der Waals surface area contributed by atoms with Crippen molar-refractivity contribution in [3.05, 3.63) is 58.4 Å². The van der Waals surface area contributed by atoms with Crippen molar-refractivity contribution in [1.82, 2.24) is 4.98 Å². The summed E-state index contributed by atoms with van der Waals surface area (Å²) in [7, 11) is 0. The van der Waals surface area contributed by atoms with Gasteiger partial charge in [-0.05, 0) is 24.3 Å². The highest BCUT2D eigenvalue weighted by molar-refractivity contribution is 6.07. The van der Waals surface area contributed by atoms with Crippen LogP contribution >= 0.6 is 0 Å². The molecule has 2 aromatic rings. The summed E-state index contributed by atoms with van der Waals surface area (Å²) in [6, 6.07) is 7.01. The first kappa shape index (κ1) is 12.5. The number of aromatic nitrogens is 1. The summed E-state index contributed by atoms with van der Waals surface area (Å²) in [5.74, 6) is -0.592. The number of carbonyl (C=O) groups excluding carboxylic acids is 1. The maximum absolute atomic E-state index is 12.0. The molecular weight excluding hydrogens is 248 g/mol. The van der Waals surface area contributed by atoms with E-state index in [0.29, 0.717) is 5.69 Å². The molecule has 19 heavy (non-hydrogen) atoms. The molecule has 0 unspecified atom stereocenters. The number of anilines is 2. The van der Waals surface area contributed by atoms with Gasteiger partial charge in [0.25, 0.3) is 11.6 Å². The Labute approximate surface area is 108 Å². The minimum atomic E-state index is -0.624. The highest BCUT2D eigenvalue weighted by Gasteiger charge is 2.20. The average Bonchev–Trinajstić information content (AvgIpc) is 2.39. The summed E-state index contributed by atoms with van der Waals surface area (Å²) in [5, 5.41) is 13.4. The Morgan fingerprint density at radius 1 is 1.26 bits per heavy atom. The summed E-state index contributed by atoms with van der Waals surface area (Å²) in [6.07, 6.45) is 3.01. The molecule has 0 bridgehead atoms. The maximum atomic E-state index is 12.0. The summed E-state index contributed by atoms with van der Waals surface area (Å²) >= 11 is 0. The molecule has 1 amide bonds. The predicted octanol–water partition coefficient (Wildman–Crippen LogP) is 1.82. The molecule has 0 saturated carbocycles. The van der Waals surface area contributed by atoms with Gasteiger partial charge in [-0.15, -0.1) is 0 Å². The molecule has 3 N–H and O–H groups in total. The molecule has 96 valence electrons. The van der Waals surface area contributed by atoms with Crippen LogP contribution in [0.25, 0.3) is 0 Å². The Hall–Kier alpha value is -2.96. The van der Waals surface area contributed by atoms with Gasteiger partial charge in [-0.1, -0.05) is 0 Å². The number of nitro groups is 1. The number of nitrogen functional groups attached to an aromatic ring is 1. The fraction of sp³-hybridized carbons (Fsp3) is 0. The van der Waals surface area contributed by atoms with E-state index >= 15 is 0 Å². The van der Waals surface area contributed by atoms with Crippen molar-refractivity contribution < 1.29 is 9.72 Å². The van der Waals surface area contributed by atoms with Crippen LogP contribution in [-0.4, -0.2) is 15.8 Å². The van der Waals surface area contributed by atoms with E-state index in [2.05, 4.69) is 10.3 Å². The molecule has 0 aliphatic carbocycles. The second kappa shape index (κ2) is 5.13. The maximum Gasteiger partial charge on any atom is 0.282 e. The average molecular weight is 258 g/mol. The van der Waals surface area contributed by atoms with Crippen molar-refractivity contribution >= 4 is 23.0 Å². The lowest BCUT2D eigenvalue weighted by atomic mass is 10.1. The van der Waals surface area contributed by atoms with Crippen molar-refractivity contribution in [2.45, 2.75) is 0 Å². The lowest BCUT2D eigenvalue weighted by molar-refractivity contribution is -0.385. The van der Waals surface area contributed by atoms with E-state index in [-0.39, 0.29) is 16.9 Å². The zero-order valence-electron chi connectivity index (χ0n) is 9.74. The number of benzene rings is 1. The van der Waals surface area contributed by atoms with Gasteiger partial charge in [0.1, 0.15) is 5.56 Å². The van der Waals surface area contributed by atoms with Gasteiger partial charge < -0.3 is 11.1 Å². The minimum Gasteiger partial charge on any atom is -0.399 e. The molecule has 0 fully saturated rings. The van der Waals surface area contributed by atoms with Crippen molar-refractivity contribution in [3.8, 4) is 0 Å². The predicted molar refractivity (Wildman–Crippen MR) is 69.7 cm³/mol. The number of nitro benzene ring substituents is 1. The van der Waals surface area contributed by atoms with E-state index in [9.17, 15) is 14.9 Å². The quantitative estimate of drug-likeness (QED) is 0.495. The second-order valence-corrected chi connectivity index (χ2v) is 3.72. The van der Waals surface area contributed by atoms with Crippen LogP contribution in [0.5, 0.6) is 0 Å². The summed E-state index contributed by atoms with van der Waals surface area (Å²) in [4.78, 5) is 26.0. The summed E-state index contributed by atoms with van der Waals surface area (Å²) in [6.45, 7) is 0. The molecule has 0 spiro atoms. The lowest BCUT2D eigenvalue weighted by Crippen LogP contribution is -2.14. The number of amides is 1. The molecule has 2 rings (SSSR count). The summed E-state index contributed by atoms with van der Waals surface area (Å²) in [5.41, 5.74) is 5.95. The number of hydrogen-bond donors (Lipinski definition) is 2. The molecule has 7 heteroatoms. The highest BCUT2D eigenvalue weighted by Crippen LogP contribution is 2.22. The Balaban J connectivity index is 2.33. The first-order chi connectivity index (χ1) is 9.08. The van der Waals surface area contributed by atoms with E-state index < -0.39 is 10.8 Å². The molecule has 1 aromatic heterocycles. The molecule has 0 saturated heterocycles. The van der Waals surface area contributed by atoms with Gasteiger partial charge in [-0.2, -0.15) is 0 Å². The van der Waals surface area contributed by atoms with Crippen LogP contribution in [0.4, 0.5) is 17.1 Å². The van der Waals surface area contributed by atoms with Gasteiger partial charge in [0, 0.05) is 29.8 Å². The third-order valence-electron chi connectivity index (χ3n) is 2.40. The van der Waals surface area contributed by atoms with E-state index in [1.54, 1.807) is 12.1 Å². The van der Waals surface area contributed by atoms with Crippen LogP contribution < -0.4 is 11.1 Å². The van der Waals surface area contributed by atoms with Gasteiger partial charge in [0.05, 0.1) is 4.92 Å². The Kier molecular flexibility index (Phi) is 3.37. The van der Waals surface area contributed by atoms with E-state index in [1.807, 2.05) is 0 Å². The van der Waals surface area contributed by atoms with Crippen LogP contribution in [0, 0.1) is 10.1 Å². The molecule has 0 aliphatic heterocycles. The normalized spacial score (nSPS) is 9.89. The highest BCUT2D eigenvalue weighted by atomic mass is 16.6. The van der Waals surface area contributed by atoms with Crippen LogP contribution in [0.1, 0.15) is 10.4 Å². The fourth-order valence-electron chi connectivity index (χ4n) is 1.53. The van der Waals surface area contributed by atoms with Crippen molar-refractivity contribution in [2.24, 2.45) is 0 Å². The Bertz CT molecular complexity index is 628. The third kappa shape index (κ3) is 2.83. The number of pyridine rings is 1. The molecule has 1 heterocycles. The molecule has 0 atom stereocenters. The largest absolute Gasteiger partial charge is 0.399 e. The van der Waals surface area contributed by atoms with Crippen LogP contribution in [0.2, 0.25) is 0 Å². The number of carbonyl (C=O) groups is 1. The number of nitrogens with zero attached hydrogens (tertiary/aromatic N) is 2. The Morgan fingerprint density at radius 2 is 1.95 bits per heavy atom. The van der Waals surface area contributed by atoms with E-state index in [4.69, 9.17) is 5.73 Å². The van der Waals surface area contributed by atoms with E-state index in [0.717, 1.165) is 0 Å². The minimum absolute atomic E-state index is 0.0817. The van der Waals surface area contributed by atoms with Crippen molar-refractivity contribution in [2.75, 3.05) is 11.1 Å². The van der Waals surface area contributed by atoms with E-state index in [1.165, 1.54) is 30.6 Å². The van der Waals surface area contributed by atoms with Crippen LogP contribution in [-0.2, 0) is 0 Å². The van der Waals surface area contributed by atoms with Gasteiger partial charge in [0.15, 0.2) is 0 Å². The monoisotopic (exact) mass is 258 g/mol. The number of nitrogens with one attached hydrogen (secondary N) is 1. The molecule has 0 radical (unpaired) electrons. The van der Waals surface area contributed by atoms with Gasteiger partial charge >= 0.3 is 0 Å². The van der Waals surface area contributed by atoms with Crippen molar-refractivity contribution in [1.29, 1.82) is 0 Å². The zero-order valence-corrected chi connectivity index (χ0v) is 9.74. The SMILES string of the molecule is Nc1ccc([N+](=O)[O-])c(C(=O)Nc2ccncc2)c1. The van der Waals surface area contributed by atoms with Crippen LogP contribution in [0.3, 0.4) is 0 Å². The smallest absolute Gasteiger partial charge is 0.282 e. The standard InChI is InChI=1S/C12H10N4O3/c13-8-1-2-11(16(18)19)10(7-8)12(17)15-9-3-5-14-6-4-9/h1-7H,13H2,(H,14,15,17). The van der Waals surface area contributed by atoms with Gasteiger partial charge in [-0.3, -0.25) is 19.9 Å².